The Bertz CT molecular complexity index is 808. The first kappa shape index (κ1) is 14.4. The third kappa shape index (κ3) is 2.53. The molecular formula is C17H20N4O2. The molecule has 0 radical (unpaired) electrons. The quantitative estimate of drug-likeness (QED) is 0.828. The van der Waals surface area contributed by atoms with Gasteiger partial charge in [0.15, 0.2) is 0 Å². The topological polar surface area (TPSA) is 78.1 Å². The molecule has 1 amide bonds. The number of rotatable bonds is 1. The zero-order valence-corrected chi connectivity index (χ0v) is 13.0. The molecule has 1 atom stereocenters. The number of fused-ring (bicyclic) bond motifs is 1. The molecular weight excluding hydrogens is 292 g/mol. The van der Waals surface area contributed by atoms with Gasteiger partial charge in [0.05, 0.1) is 5.52 Å². The molecule has 23 heavy (non-hydrogen) atoms. The standard InChI is InChI=1S/C17H20N4O2/c22-15(21-9-3-6-17(11-21)7-8-18-10-17)14-12-4-1-2-5-13(12)19-16(23)20-14/h1-2,4-5,18H,3,6-11H2,(H,19,20,23)/t17-/m0/s1. The Kier molecular flexibility index (Phi) is 3.41. The second-order valence-electron chi connectivity index (χ2n) is 6.69. The van der Waals surface area contributed by atoms with Crippen molar-refractivity contribution in [2.45, 2.75) is 19.3 Å². The molecule has 2 saturated heterocycles. The summed E-state index contributed by atoms with van der Waals surface area (Å²) in [4.78, 5) is 33.3. The molecule has 6 heteroatoms. The maximum absolute atomic E-state index is 13.0. The van der Waals surface area contributed by atoms with Gasteiger partial charge in [-0.15, -0.1) is 0 Å². The van der Waals surface area contributed by atoms with Crippen molar-refractivity contribution in [1.29, 1.82) is 0 Å². The fourth-order valence-electron chi connectivity index (χ4n) is 3.94. The number of amides is 1. The number of H-pyrrole nitrogens is 1. The van der Waals surface area contributed by atoms with Crippen molar-refractivity contribution in [2.75, 3.05) is 26.2 Å². The summed E-state index contributed by atoms with van der Waals surface area (Å²) in [7, 11) is 0. The van der Waals surface area contributed by atoms with E-state index in [4.69, 9.17) is 0 Å². The van der Waals surface area contributed by atoms with E-state index in [-0.39, 0.29) is 17.0 Å². The first-order valence-corrected chi connectivity index (χ1v) is 8.16. The normalized spacial score (nSPS) is 24.4. The van der Waals surface area contributed by atoms with E-state index < -0.39 is 5.69 Å². The number of aromatic amines is 1. The van der Waals surface area contributed by atoms with Crippen LogP contribution in [0.2, 0.25) is 0 Å². The van der Waals surface area contributed by atoms with Crippen LogP contribution >= 0.6 is 0 Å². The monoisotopic (exact) mass is 312 g/mol. The van der Waals surface area contributed by atoms with Crippen molar-refractivity contribution in [3.05, 3.63) is 40.4 Å². The first-order chi connectivity index (χ1) is 11.2. The minimum absolute atomic E-state index is 0.127. The van der Waals surface area contributed by atoms with Gasteiger partial charge in [0.1, 0.15) is 5.69 Å². The van der Waals surface area contributed by atoms with Crippen molar-refractivity contribution < 1.29 is 4.79 Å². The van der Waals surface area contributed by atoms with E-state index in [2.05, 4.69) is 15.3 Å². The minimum atomic E-state index is -0.471. The molecule has 2 aliphatic heterocycles. The average Bonchev–Trinajstić information content (AvgIpc) is 3.01. The summed E-state index contributed by atoms with van der Waals surface area (Å²) in [6.45, 7) is 3.49. The van der Waals surface area contributed by atoms with Gasteiger partial charge < -0.3 is 15.2 Å². The summed E-state index contributed by atoms with van der Waals surface area (Å²) in [6, 6.07) is 7.33. The Balaban J connectivity index is 1.70. The highest BCUT2D eigenvalue weighted by Gasteiger charge is 2.39. The number of aromatic nitrogens is 2. The number of carbonyl (C=O) groups is 1. The van der Waals surface area contributed by atoms with Crippen LogP contribution in [0, 0.1) is 5.41 Å². The lowest BCUT2D eigenvalue weighted by atomic mass is 9.79. The lowest BCUT2D eigenvalue weighted by molar-refractivity contribution is 0.0549. The maximum Gasteiger partial charge on any atom is 0.346 e. The number of likely N-dealkylation sites (tertiary alicyclic amines) is 1. The van der Waals surface area contributed by atoms with Crippen molar-refractivity contribution in [1.82, 2.24) is 20.2 Å². The maximum atomic E-state index is 13.0. The predicted molar refractivity (Wildman–Crippen MR) is 87.4 cm³/mol. The van der Waals surface area contributed by atoms with Gasteiger partial charge in [-0.05, 0) is 31.9 Å². The molecule has 2 fully saturated rings. The van der Waals surface area contributed by atoms with Gasteiger partial charge in [0.25, 0.3) is 5.91 Å². The molecule has 1 aromatic heterocycles. The summed E-state index contributed by atoms with van der Waals surface area (Å²) in [5.74, 6) is -0.127. The minimum Gasteiger partial charge on any atom is -0.337 e. The molecule has 0 unspecified atom stereocenters. The Morgan fingerprint density at radius 3 is 2.96 bits per heavy atom. The molecule has 0 bridgehead atoms. The van der Waals surface area contributed by atoms with Crippen molar-refractivity contribution in [2.24, 2.45) is 5.41 Å². The van der Waals surface area contributed by atoms with E-state index in [1.807, 2.05) is 23.1 Å². The second kappa shape index (κ2) is 5.45. The number of nitrogens with one attached hydrogen (secondary N) is 2. The van der Waals surface area contributed by atoms with Crippen LogP contribution < -0.4 is 11.0 Å². The van der Waals surface area contributed by atoms with Gasteiger partial charge in [-0.25, -0.2) is 4.79 Å². The van der Waals surface area contributed by atoms with E-state index in [1.54, 1.807) is 6.07 Å². The largest absolute Gasteiger partial charge is 0.346 e. The molecule has 0 saturated carbocycles. The number of hydrogen-bond donors (Lipinski definition) is 2. The van der Waals surface area contributed by atoms with Crippen molar-refractivity contribution >= 4 is 16.8 Å². The molecule has 120 valence electrons. The molecule has 2 N–H and O–H groups in total. The molecule has 2 aliphatic rings. The molecule has 1 spiro atoms. The van der Waals surface area contributed by atoms with E-state index in [9.17, 15) is 9.59 Å². The zero-order chi connectivity index (χ0) is 15.9. The average molecular weight is 312 g/mol. The molecule has 4 rings (SSSR count). The predicted octanol–water partition coefficient (Wildman–Crippen LogP) is 1.14. The van der Waals surface area contributed by atoms with Crippen LogP contribution in [-0.4, -0.2) is 47.0 Å². The third-order valence-electron chi connectivity index (χ3n) is 5.12. The smallest absolute Gasteiger partial charge is 0.337 e. The lowest BCUT2D eigenvalue weighted by Gasteiger charge is -2.39. The van der Waals surface area contributed by atoms with E-state index in [1.165, 1.54) is 0 Å². The summed E-state index contributed by atoms with van der Waals surface area (Å²) in [6.07, 6.45) is 3.28. The molecule has 0 aliphatic carbocycles. The van der Waals surface area contributed by atoms with Gasteiger partial charge in [0.2, 0.25) is 0 Å². The Morgan fingerprint density at radius 2 is 2.13 bits per heavy atom. The summed E-state index contributed by atoms with van der Waals surface area (Å²) in [5.41, 5.74) is 0.657. The highest BCUT2D eigenvalue weighted by Crippen LogP contribution is 2.36. The van der Waals surface area contributed by atoms with Crippen LogP contribution in [0.25, 0.3) is 10.9 Å². The number of carbonyl (C=O) groups excluding carboxylic acids is 1. The van der Waals surface area contributed by atoms with Crippen LogP contribution in [0.5, 0.6) is 0 Å². The Labute approximate surface area is 133 Å². The number of piperidine rings is 1. The summed E-state index contributed by atoms with van der Waals surface area (Å²) < 4.78 is 0. The third-order valence-corrected chi connectivity index (χ3v) is 5.12. The van der Waals surface area contributed by atoms with E-state index in [0.717, 1.165) is 45.4 Å². The van der Waals surface area contributed by atoms with Gasteiger partial charge in [-0.1, -0.05) is 18.2 Å². The first-order valence-electron chi connectivity index (χ1n) is 8.16. The van der Waals surface area contributed by atoms with Crippen LogP contribution in [0.4, 0.5) is 0 Å². The SMILES string of the molecule is O=C(c1nc(=O)[nH]c2ccccc12)N1CCC[C@@]2(CCNC2)C1. The van der Waals surface area contributed by atoms with Gasteiger partial charge in [0, 0.05) is 30.4 Å². The molecule has 3 heterocycles. The van der Waals surface area contributed by atoms with Crippen LogP contribution in [-0.2, 0) is 0 Å². The zero-order valence-electron chi connectivity index (χ0n) is 13.0. The number of para-hydroxylation sites is 1. The Morgan fingerprint density at radius 1 is 1.26 bits per heavy atom. The second-order valence-corrected chi connectivity index (χ2v) is 6.69. The van der Waals surface area contributed by atoms with Crippen LogP contribution in [0.15, 0.2) is 29.1 Å². The molecule has 1 aromatic carbocycles. The fraction of sp³-hybridized carbons (Fsp3) is 0.471. The molecule has 2 aromatic rings. The van der Waals surface area contributed by atoms with E-state index in [0.29, 0.717) is 10.9 Å². The van der Waals surface area contributed by atoms with Gasteiger partial charge in [-0.2, -0.15) is 4.98 Å². The van der Waals surface area contributed by atoms with E-state index >= 15 is 0 Å². The van der Waals surface area contributed by atoms with Gasteiger partial charge in [-0.3, -0.25) is 4.79 Å². The van der Waals surface area contributed by atoms with Crippen molar-refractivity contribution in [3.63, 3.8) is 0 Å². The lowest BCUT2D eigenvalue weighted by Crippen LogP contribution is -2.47. The number of benzene rings is 1. The highest BCUT2D eigenvalue weighted by atomic mass is 16.2. The van der Waals surface area contributed by atoms with Gasteiger partial charge >= 0.3 is 5.69 Å². The number of hydrogen-bond acceptors (Lipinski definition) is 4. The number of nitrogens with zero attached hydrogens (tertiary/aromatic N) is 2. The Hall–Kier alpha value is -2.21. The summed E-state index contributed by atoms with van der Waals surface area (Å²) >= 11 is 0. The fourth-order valence-corrected chi connectivity index (χ4v) is 3.94. The highest BCUT2D eigenvalue weighted by molar-refractivity contribution is 6.04. The van der Waals surface area contributed by atoms with Crippen molar-refractivity contribution in [3.8, 4) is 0 Å². The molecule has 6 nitrogen and oxygen atoms in total. The van der Waals surface area contributed by atoms with Crippen LogP contribution in [0.3, 0.4) is 0 Å². The van der Waals surface area contributed by atoms with Crippen LogP contribution in [0.1, 0.15) is 29.8 Å². The summed E-state index contributed by atoms with van der Waals surface area (Å²) in [5, 5.41) is 4.12.